The molecule has 0 fully saturated rings. The van der Waals surface area contributed by atoms with Gasteiger partial charge in [-0.25, -0.2) is 13.8 Å². The number of esters is 1. The lowest BCUT2D eigenvalue weighted by molar-refractivity contribution is -0.139. The van der Waals surface area contributed by atoms with E-state index in [0.717, 1.165) is 0 Å². The zero-order valence-electron chi connectivity index (χ0n) is 9.17. The second-order valence-electron chi connectivity index (χ2n) is 3.06. The summed E-state index contributed by atoms with van der Waals surface area (Å²) < 4.78 is 35.4. The second kappa shape index (κ2) is 5.90. The van der Waals surface area contributed by atoms with Crippen LogP contribution in [-0.4, -0.2) is 25.2 Å². The number of aromatic nitrogens is 1. The minimum absolute atomic E-state index is 0.124. The Labute approximate surface area is 105 Å². The van der Waals surface area contributed by atoms with Crippen LogP contribution in [0.5, 0.6) is 5.88 Å². The lowest BCUT2D eigenvalue weighted by atomic mass is 10.1. The van der Waals surface area contributed by atoms with E-state index in [0.29, 0.717) is 4.47 Å². The van der Waals surface area contributed by atoms with Crippen molar-refractivity contribution in [3.8, 4) is 5.88 Å². The van der Waals surface area contributed by atoms with E-state index < -0.39 is 18.0 Å². The summed E-state index contributed by atoms with van der Waals surface area (Å²) in [5.74, 6) is -0.803. The molecule has 0 spiro atoms. The fourth-order valence-electron chi connectivity index (χ4n) is 1.30. The van der Waals surface area contributed by atoms with E-state index in [4.69, 9.17) is 4.74 Å². The SMILES string of the molecule is COC(=O)Cc1c(Br)cnc(OC)c1C(F)F. The van der Waals surface area contributed by atoms with Crippen LogP contribution in [0.1, 0.15) is 17.6 Å². The summed E-state index contributed by atoms with van der Waals surface area (Å²) >= 11 is 3.08. The van der Waals surface area contributed by atoms with E-state index in [1.54, 1.807) is 0 Å². The molecule has 0 saturated heterocycles. The molecule has 0 unspecified atom stereocenters. The molecule has 1 heterocycles. The van der Waals surface area contributed by atoms with Crippen LogP contribution >= 0.6 is 15.9 Å². The molecule has 1 rings (SSSR count). The van der Waals surface area contributed by atoms with E-state index in [9.17, 15) is 13.6 Å². The average Bonchev–Trinajstić information content (AvgIpc) is 2.30. The van der Waals surface area contributed by atoms with Gasteiger partial charge in [-0.2, -0.15) is 0 Å². The van der Waals surface area contributed by atoms with E-state index in [1.165, 1.54) is 20.4 Å². The third kappa shape index (κ3) is 3.12. The van der Waals surface area contributed by atoms with Crippen LogP contribution in [0.3, 0.4) is 0 Å². The molecule has 0 aromatic carbocycles. The molecule has 0 aliphatic carbocycles. The summed E-state index contributed by atoms with van der Waals surface area (Å²) in [7, 11) is 2.43. The highest BCUT2D eigenvalue weighted by Crippen LogP contribution is 2.34. The quantitative estimate of drug-likeness (QED) is 0.802. The Morgan fingerprint density at radius 3 is 2.65 bits per heavy atom. The van der Waals surface area contributed by atoms with Gasteiger partial charge in [0, 0.05) is 10.7 Å². The predicted molar refractivity (Wildman–Crippen MR) is 59.2 cm³/mol. The molecule has 0 radical (unpaired) electrons. The number of pyridine rings is 1. The van der Waals surface area contributed by atoms with Crippen molar-refractivity contribution in [2.75, 3.05) is 14.2 Å². The van der Waals surface area contributed by atoms with Crippen LogP contribution in [0, 0.1) is 0 Å². The molecule has 0 aliphatic heterocycles. The summed E-state index contributed by atoms with van der Waals surface area (Å²) in [6.45, 7) is 0. The molecule has 1 aromatic heterocycles. The van der Waals surface area contributed by atoms with Crippen molar-refractivity contribution in [3.63, 3.8) is 0 Å². The van der Waals surface area contributed by atoms with E-state index in [2.05, 4.69) is 25.7 Å². The van der Waals surface area contributed by atoms with Gasteiger partial charge in [-0.1, -0.05) is 0 Å². The van der Waals surface area contributed by atoms with Gasteiger partial charge in [0.05, 0.1) is 26.2 Å². The molecule has 4 nitrogen and oxygen atoms in total. The maximum absolute atomic E-state index is 12.9. The first-order valence-electron chi connectivity index (χ1n) is 4.57. The summed E-state index contributed by atoms with van der Waals surface area (Å²) in [5, 5.41) is 0. The van der Waals surface area contributed by atoms with Crippen LogP contribution in [0.15, 0.2) is 10.7 Å². The molecule has 0 amide bonds. The Kier molecular flexibility index (Phi) is 4.80. The number of hydrogen-bond donors (Lipinski definition) is 0. The summed E-state index contributed by atoms with van der Waals surface area (Å²) in [5.41, 5.74) is -0.272. The number of nitrogens with zero attached hydrogens (tertiary/aromatic N) is 1. The second-order valence-corrected chi connectivity index (χ2v) is 3.92. The minimum Gasteiger partial charge on any atom is -0.481 e. The Balaban J connectivity index is 3.28. The van der Waals surface area contributed by atoms with Gasteiger partial charge in [0.15, 0.2) is 0 Å². The van der Waals surface area contributed by atoms with Crippen molar-refractivity contribution < 1.29 is 23.0 Å². The van der Waals surface area contributed by atoms with Crippen LogP contribution < -0.4 is 4.74 Å². The van der Waals surface area contributed by atoms with Crippen molar-refractivity contribution in [1.29, 1.82) is 0 Å². The Morgan fingerprint density at radius 2 is 2.18 bits per heavy atom. The minimum atomic E-state index is -2.78. The maximum Gasteiger partial charge on any atom is 0.310 e. The lowest BCUT2D eigenvalue weighted by Gasteiger charge is -2.13. The van der Waals surface area contributed by atoms with Gasteiger partial charge in [-0.05, 0) is 21.5 Å². The third-order valence-electron chi connectivity index (χ3n) is 2.10. The molecular formula is C10H10BrF2NO3. The monoisotopic (exact) mass is 309 g/mol. The van der Waals surface area contributed by atoms with E-state index in [-0.39, 0.29) is 17.9 Å². The van der Waals surface area contributed by atoms with Crippen molar-refractivity contribution >= 4 is 21.9 Å². The van der Waals surface area contributed by atoms with E-state index in [1.807, 2.05) is 0 Å². The summed E-state index contributed by atoms with van der Waals surface area (Å²) in [4.78, 5) is 14.9. The first-order chi connectivity index (χ1) is 8.01. The molecule has 0 bridgehead atoms. The Bertz CT molecular complexity index is 426. The van der Waals surface area contributed by atoms with Gasteiger partial charge in [0.2, 0.25) is 5.88 Å². The first kappa shape index (κ1) is 13.8. The Morgan fingerprint density at radius 1 is 1.53 bits per heavy atom. The molecule has 7 heteroatoms. The Hall–Kier alpha value is -1.24. The molecule has 1 aromatic rings. The van der Waals surface area contributed by atoms with Crippen LogP contribution in [-0.2, 0) is 16.0 Å². The number of methoxy groups -OCH3 is 2. The number of rotatable bonds is 4. The fourth-order valence-corrected chi connectivity index (χ4v) is 1.76. The number of ether oxygens (including phenoxy) is 2. The zero-order valence-corrected chi connectivity index (χ0v) is 10.8. The van der Waals surface area contributed by atoms with Crippen LogP contribution in [0.4, 0.5) is 8.78 Å². The number of halogens is 3. The van der Waals surface area contributed by atoms with Gasteiger partial charge < -0.3 is 9.47 Å². The highest BCUT2D eigenvalue weighted by molar-refractivity contribution is 9.10. The lowest BCUT2D eigenvalue weighted by Crippen LogP contribution is -2.10. The standard InChI is InChI=1S/C10H10BrF2NO3/c1-16-7(15)3-5-6(11)4-14-10(17-2)8(5)9(12)13/h4,9H,3H2,1-2H3. The third-order valence-corrected chi connectivity index (χ3v) is 2.78. The molecule has 0 aliphatic rings. The number of carbonyl (C=O) groups excluding carboxylic acids is 1. The first-order valence-corrected chi connectivity index (χ1v) is 5.36. The predicted octanol–water partition coefficient (Wildman–Crippen LogP) is 2.51. The van der Waals surface area contributed by atoms with Crippen molar-refractivity contribution in [3.05, 3.63) is 21.8 Å². The molecule has 0 N–H and O–H groups in total. The van der Waals surface area contributed by atoms with Gasteiger partial charge >= 0.3 is 5.97 Å². The normalized spacial score (nSPS) is 10.5. The zero-order chi connectivity index (χ0) is 13.0. The highest BCUT2D eigenvalue weighted by atomic mass is 79.9. The number of hydrogen-bond acceptors (Lipinski definition) is 4. The van der Waals surface area contributed by atoms with Crippen molar-refractivity contribution in [1.82, 2.24) is 4.98 Å². The van der Waals surface area contributed by atoms with E-state index >= 15 is 0 Å². The van der Waals surface area contributed by atoms with Gasteiger partial charge in [0.1, 0.15) is 0 Å². The molecule has 94 valence electrons. The average molecular weight is 310 g/mol. The molecule has 0 atom stereocenters. The van der Waals surface area contributed by atoms with Crippen LogP contribution in [0.25, 0.3) is 0 Å². The number of carbonyl (C=O) groups is 1. The van der Waals surface area contributed by atoms with Crippen LogP contribution in [0.2, 0.25) is 0 Å². The van der Waals surface area contributed by atoms with Gasteiger partial charge in [-0.15, -0.1) is 0 Å². The summed E-state index contributed by atoms with van der Waals surface area (Å²) in [6.07, 6.45) is -1.74. The molecule has 17 heavy (non-hydrogen) atoms. The molecule has 0 saturated carbocycles. The van der Waals surface area contributed by atoms with Crippen molar-refractivity contribution in [2.45, 2.75) is 12.8 Å². The smallest absolute Gasteiger partial charge is 0.310 e. The fraction of sp³-hybridized carbons (Fsp3) is 0.400. The summed E-state index contributed by atoms with van der Waals surface area (Å²) in [6, 6.07) is 0. The highest BCUT2D eigenvalue weighted by Gasteiger charge is 2.24. The maximum atomic E-state index is 12.9. The molecular weight excluding hydrogens is 300 g/mol. The number of alkyl halides is 2. The largest absolute Gasteiger partial charge is 0.481 e. The van der Waals surface area contributed by atoms with Crippen molar-refractivity contribution in [2.24, 2.45) is 0 Å². The van der Waals surface area contributed by atoms with Gasteiger partial charge in [0.25, 0.3) is 6.43 Å². The topological polar surface area (TPSA) is 48.4 Å². The van der Waals surface area contributed by atoms with Gasteiger partial charge in [-0.3, -0.25) is 4.79 Å².